The van der Waals surface area contributed by atoms with E-state index in [0.717, 1.165) is 12.2 Å². The third-order valence-electron chi connectivity index (χ3n) is 4.86. The number of rotatable bonds is 5. The Kier molecular flexibility index (Phi) is 3.65. The lowest BCUT2D eigenvalue weighted by atomic mass is 9.64. The summed E-state index contributed by atoms with van der Waals surface area (Å²) in [5.74, 6) is 0.773. The van der Waals surface area contributed by atoms with E-state index in [0.29, 0.717) is 18.3 Å². The van der Waals surface area contributed by atoms with Gasteiger partial charge < -0.3 is 10.1 Å². The Morgan fingerprint density at radius 3 is 2.83 bits per heavy atom. The molecule has 1 aromatic carbocycles. The van der Waals surface area contributed by atoms with E-state index in [1.165, 1.54) is 10.2 Å². The highest BCUT2D eigenvalue weighted by Gasteiger charge is 2.49. The Morgan fingerprint density at radius 1 is 1.21 bits per heavy atom. The predicted octanol–water partition coefficient (Wildman–Crippen LogP) is 2.32. The van der Waals surface area contributed by atoms with E-state index < -0.39 is 0 Å². The van der Waals surface area contributed by atoms with Crippen LogP contribution < -0.4 is 5.32 Å². The van der Waals surface area contributed by atoms with Crippen LogP contribution in [0, 0.1) is 5.41 Å². The predicted molar refractivity (Wildman–Crippen MR) is 89.4 cm³/mol. The highest BCUT2D eigenvalue weighted by Crippen LogP contribution is 2.44. The van der Waals surface area contributed by atoms with Crippen LogP contribution >= 0.6 is 0 Å². The summed E-state index contributed by atoms with van der Waals surface area (Å²) in [6.45, 7) is 5.09. The number of ether oxygens (including phenoxy) is 1. The fourth-order valence-electron chi connectivity index (χ4n) is 3.09. The molecule has 0 aliphatic heterocycles. The summed E-state index contributed by atoms with van der Waals surface area (Å²) in [4.78, 5) is 0. The Morgan fingerprint density at radius 2 is 2.04 bits per heavy atom. The van der Waals surface area contributed by atoms with Gasteiger partial charge in [-0.1, -0.05) is 44.2 Å². The third kappa shape index (κ3) is 2.71. The number of tetrazole rings is 1. The molecule has 1 fully saturated rings. The Balaban J connectivity index is 1.37. The average molecular weight is 324 g/mol. The average Bonchev–Trinajstić information content (AvgIpc) is 3.06. The van der Waals surface area contributed by atoms with Crippen LogP contribution in [-0.4, -0.2) is 37.4 Å². The quantitative estimate of drug-likeness (QED) is 0.776. The zero-order valence-corrected chi connectivity index (χ0v) is 13.8. The molecule has 0 bridgehead atoms. The van der Waals surface area contributed by atoms with E-state index in [9.17, 15) is 0 Å². The summed E-state index contributed by atoms with van der Waals surface area (Å²) < 4.78 is 7.54. The first-order chi connectivity index (χ1) is 11.6. The molecular formula is C17H20N6O. The fraction of sp³-hybridized carbons (Fsp3) is 0.412. The maximum Gasteiger partial charge on any atom is 0.200 e. The molecule has 0 amide bonds. The maximum atomic E-state index is 6.11. The number of fused-ring (bicyclic) bond motifs is 1. The van der Waals surface area contributed by atoms with Gasteiger partial charge in [-0.3, -0.25) is 0 Å². The summed E-state index contributed by atoms with van der Waals surface area (Å²) in [6, 6.07) is 14.3. The number of hydrogen-bond acceptors (Lipinski definition) is 6. The van der Waals surface area contributed by atoms with Crippen LogP contribution in [0.4, 0.5) is 5.82 Å². The highest BCUT2D eigenvalue weighted by molar-refractivity contribution is 5.43. The van der Waals surface area contributed by atoms with E-state index in [1.807, 2.05) is 30.3 Å². The molecule has 7 nitrogen and oxygen atoms in total. The minimum atomic E-state index is 0.0338. The van der Waals surface area contributed by atoms with E-state index in [2.05, 4.69) is 51.9 Å². The minimum absolute atomic E-state index is 0.0338. The van der Waals surface area contributed by atoms with E-state index >= 15 is 0 Å². The number of nitrogens with zero attached hydrogens (tertiary/aromatic N) is 5. The van der Waals surface area contributed by atoms with Crippen LogP contribution in [0.25, 0.3) is 5.65 Å². The first kappa shape index (κ1) is 15.0. The zero-order valence-electron chi connectivity index (χ0n) is 13.8. The van der Waals surface area contributed by atoms with Crippen molar-refractivity contribution < 1.29 is 4.74 Å². The second kappa shape index (κ2) is 5.83. The van der Waals surface area contributed by atoms with Gasteiger partial charge in [-0.2, -0.15) is 0 Å². The molecule has 3 aromatic rings. The lowest BCUT2D eigenvalue weighted by Gasteiger charge is -2.51. The molecule has 1 aliphatic rings. The molecule has 7 heteroatoms. The Labute approximate surface area is 140 Å². The first-order valence-corrected chi connectivity index (χ1v) is 8.10. The van der Waals surface area contributed by atoms with Crippen molar-refractivity contribution in [1.29, 1.82) is 0 Å². The summed E-state index contributed by atoms with van der Waals surface area (Å²) in [5, 5.41) is 19.1. The summed E-state index contributed by atoms with van der Waals surface area (Å²) >= 11 is 0. The first-order valence-electron chi connectivity index (χ1n) is 8.10. The maximum absolute atomic E-state index is 6.11. The second-order valence-electron chi connectivity index (χ2n) is 6.78. The van der Waals surface area contributed by atoms with Crippen molar-refractivity contribution in [3.8, 4) is 0 Å². The van der Waals surface area contributed by atoms with Crippen LogP contribution in [-0.2, 0) is 11.3 Å². The number of benzene rings is 1. The lowest BCUT2D eigenvalue weighted by Crippen LogP contribution is -2.58. The van der Waals surface area contributed by atoms with Gasteiger partial charge in [0, 0.05) is 11.5 Å². The molecule has 0 unspecified atom stereocenters. The summed E-state index contributed by atoms with van der Waals surface area (Å²) in [6.07, 6.45) is 1.18. The molecule has 2 atom stereocenters. The summed E-state index contributed by atoms with van der Waals surface area (Å²) in [5.41, 5.74) is 1.87. The molecule has 2 aromatic heterocycles. The number of aromatic nitrogens is 5. The largest absolute Gasteiger partial charge is 0.373 e. The van der Waals surface area contributed by atoms with Gasteiger partial charge in [0.15, 0.2) is 5.65 Å². The number of hydrogen-bond donors (Lipinski definition) is 1. The number of nitrogens with one attached hydrogen (secondary N) is 1. The molecule has 2 heterocycles. The standard InChI is InChI=1S/C17H20N6O/c1-17(2)13(10-14(17)24-11-12-6-4-3-5-7-12)18-15-8-9-16-19-21-22-23(16)20-15/h3-9,13-14H,10-11H2,1-2H3,(H,18,20)/t13-,14+/m1/s1. The van der Waals surface area contributed by atoms with Crippen LogP contribution in [0.15, 0.2) is 42.5 Å². The van der Waals surface area contributed by atoms with Gasteiger partial charge in [-0.05, 0) is 34.5 Å². The van der Waals surface area contributed by atoms with Crippen LogP contribution in [0.2, 0.25) is 0 Å². The zero-order chi connectivity index (χ0) is 16.6. The van der Waals surface area contributed by atoms with Gasteiger partial charge in [-0.25, -0.2) is 0 Å². The van der Waals surface area contributed by atoms with Crippen LogP contribution in [0.3, 0.4) is 0 Å². The topological polar surface area (TPSA) is 77.2 Å². The molecule has 24 heavy (non-hydrogen) atoms. The second-order valence-corrected chi connectivity index (χ2v) is 6.78. The van der Waals surface area contributed by atoms with Crippen molar-refractivity contribution in [2.24, 2.45) is 5.41 Å². The molecule has 124 valence electrons. The molecule has 0 saturated heterocycles. The molecular weight excluding hydrogens is 304 g/mol. The van der Waals surface area contributed by atoms with Crippen LogP contribution in [0.5, 0.6) is 0 Å². The van der Waals surface area contributed by atoms with Crippen molar-refractivity contribution in [3.63, 3.8) is 0 Å². The van der Waals surface area contributed by atoms with Crippen molar-refractivity contribution in [3.05, 3.63) is 48.0 Å². The lowest BCUT2D eigenvalue weighted by molar-refractivity contribution is -0.109. The normalized spacial score (nSPS) is 22.2. The summed E-state index contributed by atoms with van der Waals surface area (Å²) in [7, 11) is 0. The molecule has 0 radical (unpaired) electrons. The molecule has 1 N–H and O–H groups in total. The Bertz CT molecular complexity index is 831. The third-order valence-corrected chi connectivity index (χ3v) is 4.86. The smallest absolute Gasteiger partial charge is 0.200 e. The molecule has 4 rings (SSSR count). The number of anilines is 1. The van der Waals surface area contributed by atoms with E-state index in [1.54, 1.807) is 0 Å². The fourth-order valence-corrected chi connectivity index (χ4v) is 3.09. The highest BCUT2D eigenvalue weighted by atomic mass is 16.5. The van der Waals surface area contributed by atoms with Gasteiger partial charge >= 0.3 is 0 Å². The van der Waals surface area contributed by atoms with Crippen molar-refractivity contribution in [2.45, 2.75) is 39.0 Å². The van der Waals surface area contributed by atoms with Gasteiger partial charge in [-0.15, -0.1) is 14.8 Å². The minimum Gasteiger partial charge on any atom is -0.373 e. The van der Waals surface area contributed by atoms with Gasteiger partial charge in [0.1, 0.15) is 5.82 Å². The van der Waals surface area contributed by atoms with Gasteiger partial charge in [0.05, 0.1) is 12.7 Å². The van der Waals surface area contributed by atoms with Crippen molar-refractivity contribution >= 4 is 11.5 Å². The van der Waals surface area contributed by atoms with Crippen molar-refractivity contribution in [2.75, 3.05) is 5.32 Å². The molecule has 0 spiro atoms. The molecule has 1 aliphatic carbocycles. The van der Waals surface area contributed by atoms with Gasteiger partial charge in [0.2, 0.25) is 0 Å². The van der Waals surface area contributed by atoms with E-state index in [4.69, 9.17) is 4.74 Å². The van der Waals surface area contributed by atoms with Crippen LogP contribution in [0.1, 0.15) is 25.8 Å². The molecule has 1 saturated carbocycles. The Hall–Kier alpha value is -2.54. The van der Waals surface area contributed by atoms with Crippen molar-refractivity contribution in [1.82, 2.24) is 25.3 Å². The SMILES string of the molecule is CC1(C)[C@@H](OCc2ccccc2)C[C@H]1Nc1ccc2nnnn2n1. The van der Waals surface area contributed by atoms with Gasteiger partial charge in [0.25, 0.3) is 0 Å². The monoisotopic (exact) mass is 324 g/mol. The van der Waals surface area contributed by atoms with E-state index in [-0.39, 0.29) is 11.5 Å².